The third-order valence-corrected chi connectivity index (χ3v) is 9.13. The number of aliphatic hydroxyl groups is 1. The first-order valence-corrected chi connectivity index (χ1v) is 16.4. The molecule has 0 saturated carbocycles. The van der Waals surface area contributed by atoms with Crippen molar-refractivity contribution in [1.29, 1.82) is 0 Å². The molecule has 2 N–H and O–H groups in total. The molecule has 244 valence electrons. The number of nitrogens with one attached hydrogen (secondary N) is 1. The minimum absolute atomic E-state index is 0.0837. The average molecular weight is 628 g/mol. The number of carbonyl (C=O) groups excluding carboxylic acids is 2. The number of nitrogens with zero attached hydrogens (tertiary/aromatic N) is 2. The van der Waals surface area contributed by atoms with Crippen LogP contribution in [0.5, 0.6) is 0 Å². The minimum Gasteiger partial charge on any atom is -0.458 e. The van der Waals surface area contributed by atoms with Gasteiger partial charge in [0.05, 0.1) is 0 Å². The van der Waals surface area contributed by atoms with Crippen LogP contribution in [0.4, 0.5) is 10.5 Å². The fourth-order valence-corrected chi connectivity index (χ4v) is 6.88. The number of anilines is 1. The van der Waals surface area contributed by atoms with Gasteiger partial charge >= 0.3 is 12.1 Å². The molecule has 9 heteroatoms. The van der Waals surface area contributed by atoms with E-state index in [0.29, 0.717) is 12.6 Å². The van der Waals surface area contributed by atoms with Crippen molar-refractivity contribution in [3.63, 3.8) is 0 Å². The van der Waals surface area contributed by atoms with Gasteiger partial charge in [-0.3, -0.25) is 4.90 Å². The van der Waals surface area contributed by atoms with E-state index in [-0.39, 0.29) is 18.9 Å². The Bertz CT molecular complexity index is 1470. The van der Waals surface area contributed by atoms with Crippen LogP contribution in [-0.4, -0.2) is 85.4 Å². The topological polar surface area (TPSA) is 101 Å². The van der Waals surface area contributed by atoms with E-state index < -0.39 is 29.9 Å². The number of amides is 1. The van der Waals surface area contributed by atoms with Crippen molar-refractivity contribution in [1.82, 2.24) is 10.2 Å². The molecule has 2 saturated heterocycles. The molecule has 0 aromatic heterocycles. The summed E-state index contributed by atoms with van der Waals surface area (Å²) >= 11 is 0. The van der Waals surface area contributed by atoms with Crippen LogP contribution in [0, 0.1) is 0 Å². The molecule has 3 aromatic rings. The van der Waals surface area contributed by atoms with Gasteiger partial charge in [0.15, 0.2) is 0 Å². The molecular formula is C37H45N3O6. The maximum Gasteiger partial charge on any atom is 0.407 e. The van der Waals surface area contributed by atoms with E-state index in [1.165, 1.54) is 0 Å². The SMILES string of the molecule is CC(C)(C)OC(=O)[C@H](Cc1ccc(N2CCN(C3CCOCC3)C[C@@H]2O)cc1)NC(=O)OCC1c2ccccc2-c2ccccc21. The molecule has 2 heterocycles. The number of fused-ring (bicyclic) bond motifs is 3. The predicted octanol–water partition coefficient (Wildman–Crippen LogP) is 5.10. The molecule has 2 atom stereocenters. The maximum atomic E-state index is 13.3. The van der Waals surface area contributed by atoms with Crippen LogP contribution in [0.25, 0.3) is 11.1 Å². The Morgan fingerprint density at radius 3 is 2.17 bits per heavy atom. The van der Waals surface area contributed by atoms with Gasteiger partial charge in [0, 0.05) is 56.9 Å². The molecule has 46 heavy (non-hydrogen) atoms. The number of piperazine rings is 1. The van der Waals surface area contributed by atoms with Crippen LogP contribution in [0.2, 0.25) is 0 Å². The molecule has 9 nitrogen and oxygen atoms in total. The van der Waals surface area contributed by atoms with E-state index in [1.54, 1.807) is 20.8 Å². The number of benzene rings is 3. The largest absolute Gasteiger partial charge is 0.458 e. The summed E-state index contributed by atoms with van der Waals surface area (Å²) in [5.41, 5.74) is 5.60. The van der Waals surface area contributed by atoms with Crippen molar-refractivity contribution in [2.24, 2.45) is 0 Å². The lowest BCUT2D eigenvalue weighted by Gasteiger charge is -2.44. The Labute approximate surface area is 271 Å². The lowest BCUT2D eigenvalue weighted by Crippen LogP contribution is -2.56. The summed E-state index contributed by atoms with van der Waals surface area (Å²) in [6.45, 7) is 9.32. The lowest BCUT2D eigenvalue weighted by molar-refractivity contribution is -0.157. The van der Waals surface area contributed by atoms with Crippen LogP contribution in [0.3, 0.4) is 0 Å². The lowest BCUT2D eigenvalue weighted by atomic mass is 9.98. The quantitative estimate of drug-likeness (QED) is 0.333. The van der Waals surface area contributed by atoms with Gasteiger partial charge < -0.3 is 29.5 Å². The van der Waals surface area contributed by atoms with Gasteiger partial charge in [0.25, 0.3) is 0 Å². The van der Waals surface area contributed by atoms with Crippen LogP contribution in [0.15, 0.2) is 72.8 Å². The monoisotopic (exact) mass is 627 g/mol. The molecule has 3 aromatic carbocycles. The molecule has 6 rings (SSSR count). The van der Waals surface area contributed by atoms with Gasteiger partial charge in [-0.2, -0.15) is 0 Å². The van der Waals surface area contributed by atoms with Gasteiger partial charge in [0.2, 0.25) is 0 Å². The number of esters is 1. The van der Waals surface area contributed by atoms with Crippen LogP contribution < -0.4 is 10.2 Å². The molecule has 0 radical (unpaired) electrons. The highest BCUT2D eigenvalue weighted by Crippen LogP contribution is 2.44. The fraction of sp³-hybridized carbons (Fsp3) is 0.459. The standard InChI is InChI=1S/C37H45N3O6/c1-37(2,3)46-35(42)33(38-36(43)45-24-32-30-10-6-4-8-28(30)29-9-5-7-11-31(29)32)22-25-12-14-27(15-13-25)40-19-18-39(23-34(40)41)26-16-20-44-21-17-26/h4-15,26,32-34,41H,16-24H2,1-3H3,(H,38,43)/t33-,34-/m0/s1. The first kappa shape index (κ1) is 32.0. The van der Waals surface area contributed by atoms with E-state index in [2.05, 4.69) is 34.5 Å². The summed E-state index contributed by atoms with van der Waals surface area (Å²) in [6.07, 6.45) is 0.973. The maximum absolute atomic E-state index is 13.3. The number of aliphatic hydroxyl groups excluding tert-OH is 1. The van der Waals surface area contributed by atoms with Gasteiger partial charge in [-0.05, 0) is 73.6 Å². The Balaban J connectivity index is 1.09. The summed E-state index contributed by atoms with van der Waals surface area (Å²) in [5, 5.41) is 13.8. The summed E-state index contributed by atoms with van der Waals surface area (Å²) < 4.78 is 16.9. The zero-order chi connectivity index (χ0) is 32.3. The third kappa shape index (κ3) is 7.38. The number of carbonyl (C=O) groups is 2. The first-order chi connectivity index (χ1) is 22.2. The van der Waals surface area contributed by atoms with Crippen molar-refractivity contribution in [2.75, 3.05) is 44.4 Å². The van der Waals surface area contributed by atoms with Crippen molar-refractivity contribution in [3.05, 3.63) is 89.5 Å². The van der Waals surface area contributed by atoms with Crippen molar-refractivity contribution >= 4 is 17.7 Å². The van der Waals surface area contributed by atoms with Gasteiger partial charge in [0.1, 0.15) is 24.5 Å². The number of hydrogen-bond donors (Lipinski definition) is 2. The Morgan fingerprint density at radius 1 is 0.935 bits per heavy atom. The predicted molar refractivity (Wildman–Crippen MR) is 177 cm³/mol. The molecular weight excluding hydrogens is 582 g/mol. The fourth-order valence-electron chi connectivity index (χ4n) is 6.88. The first-order valence-electron chi connectivity index (χ1n) is 16.4. The highest BCUT2D eigenvalue weighted by molar-refractivity contribution is 5.82. The summed E-state index contributed by atoms with van der Waals surface area (Å²) in [5.74, 6) is -0.607. The highest BCUT2D eigenvalue weighted by Gasteiger charge is 2.33. The second-order valence-corrected chi connectivity index (χ2v) is 13.4. The summed E-state index contributed by atoms with van der Waals surface area (Å²) in [7, 11) is 0. The Hall–Kier alpha value is -3.92. The second kappa shape index (κ2) is 13.8. The van der Waals surface area contributed by atoms with Gasteiger partial charge in [-0.25, -0.2) is 9.59 Å². The van der Waals surface area contributed by atoms with Crippen LogP contribution >= 0.6 is 0 Å². The van der Waals surface area contributed by atoms with E-state index in [4.69, 9.17) is 14.2 Å². The van der Waals surface area contributed by atoms with E-state index in [1.807, 2.05) is 53.4 Å². The number of alkyl carbamates (subject to hydrolysis) is 1. The molecule has 2 aliphatic heterocycles. The third-order valence-electron chi connectivity index (χ3n) is 9.13. The number of β-amino-alcohol motifs (C(OH)–C–C–N with tert-alkyl or cyclic N) is 1. The van der Waals surface area contributed by atoms with Crippen molar-refractivity contribution in [3.8, 4) is 11.1 Å². The zero-order valence-corrected chi connectivity index (χ0v) is 27.0. The second-order valence-electron chi connectivity index (χ2n) is 13.4. The molecule has 0 bridgehead atoms. The average Bonchev–Trinajstić information content (AvgIpc) is 3.37. The van der Waals surface area contributed by atoms with Gasteiger partial charge in [-0.1, -0.05) is 60.7 Å². The highest BCUT2D eigenvalue weighted by atomic mass is 16.6. The van der Waals surface area contributed by atoms with Crippen LogP contribution in [0.1, 0.15) is 56.2 Å². The Kier molecular flexibility index (Phi) is 9.63. The molecule has 0 unspecified atom stereocenters. The van der Waals surface area contributed by atoms with E-state index in [9.17, 15) is 14.7 Å². The van der Waals surface area contributed by atoms with Crippen molar-refractivity contribution < 1.29 is 28.9 Å². The van der Waals surface area contributed by atoms with Crippen LogP contribution in [-0.2, 0) is 25.4 Å². The molecule has 2 fully saturated rings. The number of ether oxygens (including phenoxy) is 3. The summed E-state index contributed by atoms with van der Waals surface area (Å²) in [4.78, 5) is 30.8. The molecule has 3 aliphatic rings. The molecule has 1 amide bonds. The zero-order valence-electron chi connectivity index (χ0n) is 27.0. The van der Waals surface area contributed by atoms with Crippen molar-refractivity contribution in [2.45, 2.75) is 69.9 Å². The van der Waals surface area contributed by atoms with E-state index in [0.717, 1.165) is 72.6 Å². The molecule has 1 aliphatic carbocycles. The van der Waals surface area contributed by atoms with E-state index >= 15 is 0 Å². The number of hydrogen-bond acceptors (Lipinski definition) is 8. The summed E-state index contributed by atoms with van der Waals surface area (Å²) in [6, 6.07) is 23.6. The number of rotatable bonds is 8. The Morgan fingerprint density at radius 2 is 1.57 bits per heavy atom. The smallest absolute Gasteiger partial charge is 0.407 e. The normalized spacial score (nSPS) is 19.7. The van der Waals surface area contributed by atoms with Gasteiger partial charge in [-0.15, -0.1) is 0 Å². The minimum atomic E-state index is -0.936. The molecule has 0 spiro atoms.